The Hall–Kier alpha value is -1.10. The van der Waals surface area contributed by atoms with Crippen LogP contribution >= 0.6 is 0 Å². The van der Waals surface area contributed by atoms with Crippen LogP contribution in [0.4, 0.5) is 0 Å². The lowest BCUT2D eigenvalue weighted by Gasteiger charge is -2.21. The molecule has 1 fully saturated rings. The van der Waals surface area contributed by atoms with E-state index in [2.05, 4.69) is 10.1 Å². The molecule has 0 aromatic rings. The standard InChI is InChI=1S/C11H20N2O3/c1-5-11(3)10(15)13(8(2)12-11)7-6-9(14)16-4/h8,12H,5-7H2,1-4H3. The number of ether oxygens (including phenoxy) is 1. The Balaban J connectivity index is 2.61. The number of rotatable bonds is 4. The Bertz CT molecular complexity index is 293. The number of nitrogens with zero attached hydrogens (tertiary/aromatic N) is 1. The van der Waals surface area contributed by atoms with Crippen LogP contribution in [-0.4, -0.2) is 42.1 Å². The minimum atomic E-state index is -0.491. The molecule has 1 rings (SSSR count). The fourth-order valence-electron chi connectivity index (χ4n) is 1.96. The van der Waals surface area contributed by atoms with Crippen molar-refractivity contribution in [3.63, 3.8) is 0 Å². The van der Waals surface area contributed by atoms with Gasteiger partial charge < -0.3 is 9.64 Å². The van der Waals surface area contributed by atoms with Gasteiger partial charge in [-0.15, -0.1) is 0 Å². The number of nitrogens with one attached hydrogen (secondary N) is 1. The Morgan fingerprint density at radius 1 is 1.62 bits per heavy atom. The molecule has 0 spiro atoms. The molecule has 2 unspecified atom stereocenters. The van der Waals surface area contributed by atoms with Crippen molar-refractivity contribution in [2.45, 2.75) is 45.3 Å². The van der Waals surface area contributed by atoms with E-state index in [1.54, 1.807) is 4.90 Å². The first-order valence-electron chi connectivity index (χ1n) is 5.60. The van der Waals surface area contributed by atoms with Crippen molar-refractivity contribution in [3.05, 3.63) is 0 Å². The molecule has 1 saturated heterocycles. The summed E-state index contributed by atoms with van der Waals surface area (Å²) in [6, 6.07) is 0. The molecule has 0 aromatic heterocycles. The second-order valence-electron chi connectivity index (χ2n) is 4.33. The van der Waals surface area contributed by atoms with Crippen LogP contribution in [0.25, 0.3) is 0 Å². The summed E-state index contributed by atoms with van der Waals surface area (Å²) in [5.41, 5.74) is -0.491. The molecule has 1 N–H and O–H groups in total. The van der Waals surface area contributed by atoms with Crippen LogP contribution in [0, 0.1) is 0 Å². The maximum atomic E-state index is 12.1. The second kappa shape index (κ2) is 4.82. The second-order valence-corrected chi connectivity index (χ2v) is 4.33. The molecule has 5 nitrogen and oxygen atoms in total. The molecule has 0 radical (unpaired) electrons. The highest BCUT2D eigenvalue weighted by Crippen LogP contribution is 2.23. The van der Waals surface area contributed by atoms with Gasteiger partial charge in [-0.25, -0.2) is 0 Å². The van der Waals surface area contributed by atoms with Crippen LogP contribution in [0.15, 0.2) is 0 Å². The van der Waals surface area contributed by atoms with Crippen LogP contribution in [0.2, 0.25) is 0 Å². The topological polar surface area (TPSA) is 58.6 Å². The zero-order valence-electron chi connectivity index (χ0n) is 10.4. The maximum absolute atomic E-state index is 12.1. The SMILES string of the molecule is CCC1(C)NC(C)N(CCC(=O)OC)C1=O. The molecule has 1 aliphatic heterocycles. The van der Waals surface area contributed by atoms with Crippen LogP contribution in [-0.2, 0) is 14.3 Å². The monoisotopic (exact) mass is 228 g/mol. The highest BCUT2D eigenvalue weighted by Gasteiger charge is 2.44. The van der Waals surface area contributed by atoms with Crippen molar-refractivity contribution in [2.24, 2.45) is 0 Å². The normalized spacial score (nSPS) is 29.6. The van der Waals surface area contributed by atoms with Crippen LogP contribution in [0.1, 0.15) is 33.6 Å². The van der Waals surface area contributed by atoms with E-state index < -0.39 is 5.54 Å². The molecule has 2 atom stereocenters. The maximum Gasteiger partial charge on any atom is 0.307 e. The highest BCUT2D eigenvalue weighted by atomic mass is 16.5. The first kappa shape index (κ1) is 13.0. The number of carbonyl (C=O) groups is 2. The van der Waals surface area contributed by atoms with E-state index in [9.17, 15) is 9.59 Å². The average molecular weight is 228 g/mol. The zero-order chi connectivity index (χ0) is 12.3. The van der Waals surface area contributed by atoms with Gasteiger partial charge in [0.1, 0.15) is 0 Å². The molecule has 1 amide bonds. The molecule has 0 aliphatic carbocycles. The highest BCUT2D eigenvalue weighted by molar-refractivity contribution is 5.88. The van der Waals surface area contributed by atoms with Gasteiger partial charge in [0.15, 0.2) is 0 Å². The molecule has 5 heteroatoms. The number of carbonyl (C=O) groups excluding carboxylic acids is 2. The Morgan fingerprint density at radius 2 is 2.25 bits per heavy atom. The van der Waals surface area contributed by atoms with Crippen molar-refractivity contribution < 1.29 is 14.3 Å². The predicted octanol–water partition coefficient (Wildman–Crippen LogP) is 0.496. The summed E-state index contributed by atoms with van der Waals surface area (Å²) in [7, 11) is 1.35. The van der Waals surface area contributed by atoms with Gasteiger partial charge in [0.05, 0.1) is 25.2 Å². The molecule has 1 heterocycles. The van der Waals surface area contributed by atoms with Crippen LogP contribution in [0.3, 0.4) is 0 Å². The van der Waals surface area contributed by atoms with Gasteiger partial charge >= 0.3 is 5.97 Å². The van der Waals surface area contributed by atoms with E-state index in [1.807, 2.05) is 20.8 Å². The van der Waals surface area contributed by atoms with E-state index in [4.69, 9.17) is 0 Å². The summed E-state index contributed by atoms with van der Waals surface area (Å²) in [6.45, 7) is 6.21. The number of amides is 1. The van der Waals surface area contributed by atoms with Gasteiger partial charge in [-0.2, -0.15) is 0 Å². The zero-order valence-corrected chi connectivity index (χ0v) is 10.4. The van der Waals surface area contributed by atoms with E-state index in [0.717, 1.165) is 6.42 Å². The van der Waals surface area contributed by atoms with Gasteiger partial charge in [0.25, 0.3) is 0 Å². The van der Waals surface area contributed by atoms with Crippen LogP contribution in [0.5, 0.6) is 0 Å². The van der Waals surface area contributed by atoms with Gasteiger partial charge in [-0.1, -0.05) is 6.92 Å². The summed E-state index contributed by atoms with van der Waals surface area (Å²) in [6.07, 6.45) is 0.959. The lowest BCUT2D eigenvalue weighted by Crippen LogP contribution is -2.43. The Kier molecular flexibility index (Phi) is 3.91. The number of hydrogen-bond acceptors (Lipinski definition) is 4. The van der Waals surface area contributed by atoms with Crippen molar-refractivity contribution in [3.8, 4) is 0 Å². The fourth-order valence-corrected chi connectivity index (χ4v) is 1.96. The predicted molar refractivity (Wildman–Crippen MR) is 59.6 cm³/mol. The Morgan fingerprint density at radius 3 is 2.69 bits per heavy atom. The van der Waals surface area contributed by atoms with Gasteiger partial charge in [-0.05, 0) is 20.3 Å². The van der Waals surface area contributed by atoms with Crippen molar-refractivity contribution in [1.29, 1.82) is 0 Å². The number of methoxy groups -OCH3 is 1. The molecule has 0 bridgehead atoms. The molecular weight excluding hydrogens is 208 g/mol. The van der Waals surface area contributed by atoms with E-state index in [-0.39, 0.29) is 24.5 Å². The van der Waals surface area contributed by atoms with Crippen molar-refractivity contribution in [1.82, 2.24) is 10.2 Å². The average Bonchev–Trinajstić information content (AvgIpc) is 2.48. The first-order valence-corrected chi connectivity index (χ1v) is 5.60. The summed E-state index contributed by atoms with van der Waals surface area (Å²) in [5.74, 6) is -0.225. The van der Waals surface area contributed by atoms with Gasteiger partial charge in [0, 0.05) is 6.54 Å². The lowest BCUT2D eigenvalue weighted by atomic mass is 9.99. The molecule has 16 heavy (non-hydrogen) atoms. The van der Waals surface area contributed by atoms with Gasteiger partial charge in [0.2, 0.25) is 5.91 Å². The summed E-state index contributed by atoms with van der Waals surface area (Å²) in [5, 5.41) is 3.25. The largest absolute Gasteiger partial charge is 0.469 e. The van der Waals surface area contributed by atoms with E-state index in [0.29, 0.717) is 6.54 Å². The summed E-state index contributed by atoms with van der Waals surface area (Å²) in [4.78, 5) is 24.8. The fraction of sp³-hybridized carbons (Fsp3) is 0.818. The van der Waals surface area contributed by atoms with E-state index >= 15 is 0 Å². The third-order valence-electron chi connectivity index (χ3n) is 3.22. The van der Waals surface area contributed by atoms with Gasteiger partial charge in [-0.3, -0.25) is 14.9 Å². The molecule has 1 aliphatic rings. The number of esters is 1. The molecule has 0 aromatic carbocycles. The number of hydrogen-bond donors (Lipinski definition) is 1. The summed E-state index contributed by atoms with van der Waals surface area (Å²) < 4.78 is 4.56. The quantitative estimate of drug-likeness (QED) is 0.712. The van der Waals surface area contributed by atoms with Crippen LogP contribution < -0.4 is 5.32 Å². The third-order valence-corrected chi connectivity index (χ3v) is 3.22. The minimum absolute atomic E-state index is 0.0258. The smallest absolute Gasteiger partial charge is 0.307 e. The van der Waals surface area contributed by atoms with Crippen molar-refractivity contribution >= 4 is 11.9 Å². The Labute approximate surface area is 96.1 Å². The molecule has 92 valence electrons. The van der Waals surface area contributed by atoms with Crippen molar-refractivity contribution in [2.75, 3.05) is 13.7 Å². The minimum Gasteiger partial charge on any atom is -0.469 e. The van der Waals surface area contributed by atoms with E-state index in [1.165, 1.54) is 7.11 Å². The molecule has 0 saturated carbocycles. The lowest BCUT2D eigenvalue weighted by molar-refractivity contribution is -0.141. The molecular formula is C11H20N2O3. The summed E-state index contributed by atoms with van der Waals surface area (Å²) >= 11 is 0. The first-order chi connectivity index (χ1) is 7.44. The third kappa shape index (κ3) is 2.35.